The van der Waals surface area contributed by atoms with Crippen molar-refractivity contribution in [3.05, 3.63) is 47.3 Å². The predicted molar refractivity (Wildman–Crippen MR) is 94.5 cm³/mol. The molecule has 0 bridgehead atoms. The molecular weight excluding hydrogens is 320 g/mol. The molecule has 1 N–H and O–H groups in total. The molecule has 0 radical (unpaired) electrons. The van der Waals surface area contributed by atoms with Crippen molar-refractivity contribution < 1.29 is 14.1 Å². The third kappa shape index (κ3) is 4.58. The van der Waals surface area contributed by atoms with Crippen LogP contribution in [0.15, 0.2) is 34.9 Å². The minimum atomic E-state index is -0.280. The monoisotopic (exact) mass is 344 g/mol. The molecule has 0 saturated carbocycles. The molecule has 1 amide bonds. The SMILES string of the molecule is COCc1cc(C(=O)NCc2ccc(N3CCN(C)CC3)cc2)on1. The minimum absolute atomic E-state index is 0.195. The third-order valence-corrected chi connectivity index (χ3v) is 4.33. The van der Waals surface area contributed by atoms with Crippen LogP contribution in [0.1, 0.15) is 21.8 Å². The standard InChI is InChI=1S/C18H24N4O3/c1-21-7-9-22(10-8-21)16-5-3-14(4-6-16)12-19-18(23)17-11-15(13-24-2)20-25-17/h3-6,11H,7-10,12-13H2,1-2H3,(H,19,23). The quantitative estimate of drug-likeness (QED) is 0.856. The number of rotatable bonds is 6. The molecule has 134 valence electrons. The van der Waals surface area contributed by atoms with Gasteiger partial charge in [-0.3, -0.25) is 4.79 Å². The Balaban J connectivity index is 1.52. The molecule has 1 fully saturated rings. The molecular formula is C18H24N4O3. The Morgan fingerprint density at radius 2 is 1.96 bits per heavy atom. The molecule has 0 aliphatic carbocycles. The first-order valence-electron chi connectivity index (χ1n) is 8.41. The zero-order valence-electron chi connectivity index (χ0n) is 14.7. The van der Waals surface area contributed by atoms with E-state index in [1.807, 2.05) is 12.1 Å². The van der Waals surface area contributed by atoms with E-state index in [1.165, 1.54) is 5.69 Å². The van der Waals surface area contributed by atoms with E-state index in [9.17, 15) is 4.79 Å². The Bertz CT molecular complexity index is 691. The number of piperazine rings is 1. The summed E-state index contributed by atoms with van der Waals surface area (Å²) in [4.78, 5) is 16.8. The number of anilines is 1. The zero-order chi connectivity index (χ0) is 17.6. The molecule has 1 aliphatic heterocycles. The first-order chi connectivity index (χ1) is 12.2. The molecule has 0 atom stereocenters. The first-order valence-corrected chi connectivity index (χ1v) is 8.41. The number of likely N-dealkylation sites (N-methyl/N-ethyl adjacent to an activating group) is 1. The van der Waals surface area contributed by atoms with E-state index in [1.54, 1.807) is 13.2 Å². The van der Waals surface area contributed by atoms with E-state index >= 15 is 0 Å². The second kappa shape index (κ2) is 8.13. The van der Waals surface area contributed by atoms with Gasteiger partial charge in [0, 0.05) is 51.6 Å². The summed E-state index contributed by atoms with van der Waals surface area (Å²) in [6.45, 7) is 5.02. The maximum absolute atomic E-state index is 12.1. The summed E-state index contributed by atoms with van der Waals surface area (Å²) in [5.74, 6) is -0.0842. The fourth-order valence-corrected chi connectivity index (χ4v) is 2.79. The predicted octanol–water partition coefficient (Wildman–Crippen LogP) is 1.50. The smallest absolute Gasteiger partial charge is 0.290 e. The van der Waals surface area contributed by atoms with Gasteiger partial charge in [-0.15, -0.1) is 0 Å². The number of hydrogen-bond acceptors (Lipinski definition) is 6. The van der Waals surface area contributed by atoms with Gasteiger partial charge in [0.05, 0.1) is 6.61 Å². The highest BCUT2D eigenvalue weighted by molar-refractivity contribution is 5.91. The average molecular weight is 344 g/mol. The van der Waals surface area contributed by atoms with E-state index in [2.05, 4.69) is 39.5 Å². The zero-order valence-corrected chi connectivity index (χ0v) is 14.7. The van der Waals surface area contributed by atoms with Crippen LogP contribution in [-0.2, 0) is 17.9 Å². The largest absolute Gasteiger partial charge is 0.378 e. The van der Waals surface area contributed by atoms with Crippen LogP contribution in [0.2, 0.25) is 0 Å². The van der Waals surface area contributed by atoms with Crippen LogP contribution >= 0.6 is 0 Å². The van der Waals surface area contributed by atoms with Crippen molar-refractivity contribution in [2.75, 3.05) is 45.2 Å². The second-order valence-electron chi connectivity index (χ2n) is 6.25. The Morgan fingerprint density at radius 1 is 1.24 bits per heavy atom. The number of hydrogen-bond donors (Lipinski definition) is 1. The van der Waals surface area contributed by atoms with Gasteiger partial charge in [-0.1, -0.05) is 17.3 Å². The molecule has 1 aromatic heterocycles. The fourth-order valence-electron chi connectivity index (χ4n) is 2.79. The minimum Gasteiger partial charge on any atom is -0.378 e. The molecule has 1 aliphatic rings. The maximum atomic E-state index is 12.1. The van der Waals surface area contributed by atoms with Crippen molar-refractivity contribution in [1.82, 2.24) is 15.4 Å². The molecule has 3 rings (SSSR count). The Labute approximate surface area is 147 Å². The number of carbonyl (C=O) groups excluding carboxylic acids is 1. The van der Waals surface area contributed by atoms with Gasteiger partial charge in [-0.2, -0.15) is 0 Å². The summed E-state index contributed by atoms with van der Waals surface area (Å²) in [6.07, 6.45) is 0. The number of methoxy groups -OCH3 is 1. The van der Waals surface area contributed by atoms with Crippen molar-refractivity contribution in [3.63, 3.8) is 0 Å². The van der Waals surface area contributed by atoms with E-state index in [0.29, 0.717) is 18.8 Å². The molecule has 1 saturated heterocycles. The van der Waals surface area contributed by atoms with E-state index in [4.69, 9.17) is 9.26 Å². The van der Waals surface area contributed by atoms with Gasteiger partial charge in [-0.25, -0.2) is 0 Å². The van der Waals surface area contributed by atoms with Crippen LogP contribution in [-0.4, -0.2) is 56.3 Å². The van der Waals surface area contributed by atoms with Crippen molar-refractivity contribution in [3.8, 4) is 0 Å². The van der Waals surface area contributed by atoms with Gasteiger partial charge in [0.2, 0.25) is 5.76 Å². The number of amides is 1. The Kier molecular flexibility index (Phi) is 5.67. The Morgan fingerprint density at radius 3 is 2.64 bits per heavy atom. The van der Waals surface area contributed by atoms with E-state index in [0.717, 1.165) is 31.7 Å². The molecule has 2 aromatic rings. The van der Waals surface area contributed by atoms with E-state index in [-0.39, 0.29) is 11.7 Å². The lowest BCUT2D eigenvalue weighted by molar-refractivity contribution is 0.0913. The summed E-state index contributed by atoms with van der Waals surface area (Å²) in [5, 5.41) is 6.62. The molecule has 7 heteroatoms. The summed E-state index contributed by atoms with van der Waals surface area (Å²) >= 11 is 0. The number of nitrogens with zero attached hydrogens (tertiary/aromatic N) is 3. The molecule has 0 unspecified atom stereocenters. The second-order valence-corrected chi connectivity index (χ2v) is 6.25. The average Bonchev–Trinajstić information content (AvgIpc) is 3.10. The lowest BCUT2D eigenvalue weighted by atomic mass is 10.1. The summed E-state index contributed by atoms with van der Waals surface area (Å²) in [7, 11) is 3.72. The van der Waals surface area contributed by atoms with Gasteiger partial charge in [0.1, 0.15) is 5.69 Å². The lowest BCUT2D eigenvalue weighted by Gasteiger charge is -2.34. The van der Waals surface area contributed by atoms with Gasteiger partial charge in [0.15, 0.2) is 0 Å². The highest BCUT2D eigenvalue weighted by Crippen LogP contribution is 2.17. The topological polar surface area (TPSA) is 70.8 Å². The fraction of sp³-hybridized carbons (Fsp3) is 0.444. The molecule has 0 spiro atoms. The lowest BCUT2D eigenvalue weighted by Crippen LogP contribution is -2.44. The van der Waals surface area contributed by atoms with Crippen LogP contribution in [0.4, 0.5) is 5.69 Å². The van der Waals surface area contributed by atoms with Gasteiger partial charge >= 0.3 is 0 Å². The van der Waals surface area contributed by atoms with Gasteiger partial charge in [-0.05, 0) is 24.7 Å². The van der Waals surface area contributed by atoms with Crippen LogP contribution < -0.4 is 10.2 Å². The summed E-state index contributed by atoms with van der Waals surface area (Å²) in [6, 6.07) is 9.90. The summed E-state index contributed by atoms with van der Waals surface area (Å²) in [5.41, 5.74) is 2.87. The van der Waals surface area contributed by atoms with Crippen LogP contribution in [0.5, 0.6) is 0 Å². The molecule has 2 heterocycles. The number of nitrogens with one attached hydrogen (secondary N) is 1. The highest BCUT2D eigenvalue weighted by atomic mass is 16.5. The van der Waals surface area contributed by atoms with Crippen molar-refractivity contribution >= 4 is 11.6 Å². The molecule has 25 heavy (non-hydrogen) atoms. The van der Waals surface area contributed by atoms with Gasteiger partial charge in [0.25, 0.3) is 5.91 Å². The third-order valence-electron chi connectivity index (χ3n) is 4.33. The molecule has 1 aromatic carbocycles. The first kappa shape index (κ1) is 17.4. The maximum Gasteiger partial charge on any atom is 0.290 e. The van der Waals surface area contributed by atoms with Crippen LogP contribution in [0.3, 0.4) is 0 Å². The number of benzene rings is 1. The van der Waals surface area contributed by atoms with Crippen molar-refractivity contribution in [2.24, 2.45) is 0 Å². The van der Waals surface area contributed by atoms with Crippen molar-refractivity contribution in [2.45, 2.75) is 13.2 Å². The molecule has 7 nitrogen and oxygen atoms in total. The number of aromatic nitrogens is 1. The van der Waals surface area contributed by atoms with Crippen LogP contribution in [0, 0.1) is 0 Å². The van der Waals surface area contributed by atoms with Crippen LogP contribution in [0.25, 0.3) is 0 Å². The normalized spacial score (nSPS) is 15.4. The number of ether oxygens (including phenoxy) is 1. The summed E-state index contributed by atoms with van der Waals surface area (Å²) < 4.78 is 9.98. The van der Waals surface area contributed by atoms with Crippen molar-refractivity contribution in [1.29, 1.82) is 0 Å². The Hall–Kier alpha value is -2.38. The highest BCUT2D eigenvalue weighted by Gasteiger charge is 2.15. The van der Waals surface area contributed by atoms with E-state index < -0.39 is 0 Å². The number of carbonyl (C=O) groups is 1. The van der Waals surface area contributed by atoms with Gasteiger partial charge < -0.3 is 24.4 Å².